The van der Waals surface area contributed by atoms with Crippen molar-refractivity contribution in [1.29, 1.82) is 0 Å². The molecule has 0 unspecified atom stereocenters. The maximum atomic E-state index is 11.5. The zero-order chi connectivity index (χ0) is 12.4. The molecule has 1 aromatic heterocycles. The molecule has 0 atom stereocenters. The highest BCUT2D eigenvalue weighted by Crippen LogP contribution is 2.33. The van der Waals surface area contributed by atoms with Gasteiger partial charge in [-0.2, -0.15) is 5.10 Å². The highest BCUT2D eigenvalue weighted by atomic mass is 16.5. The van der Waals surface area contributed by atoms with Gasteiger partial charge < -0.3 is 4.74 Å². The smallest absolute Gasteiger partial charge is 0.164 e. The van der Waals surface area contributed by atoms with E-state index in [9.17, 15) is 4.79 Å². The molecule has 1 aromatic rings. The predicted octanol–water partition coefficient (Wildman–Crippen LogP) is 2.61. The SMILES string of the molecule is COc1cnn(C(C)C)c1C1=CC(=O)CCC1. The number of carbonyl (C=O) groups is 1. The third-order valence-corrected chi connectivity index (χ3v) is 2.98. The second-order valence-electron chi connectivity index (χ2n) is 4.59. The van der Waals surface area contributed by atoms with Crippen molar-refractivity contribution in [3.05, 3.63) is 18.0 Å². The highest BCUT2D eigenvalue weighted by Gasteiger charge is 2.20. The Morgan fingerprint density at radius 3 is 2.76 bits per heavy atom. The van der Waals surface area contributed by atoms with Gasteiger partial charge in [0.1, 0.15) is 5.69 Å². The first-order chi connectivity index (χ1) is 8.13. The average Bonchev–Trinajstić information content (AvgIpc) is 2.72. The van der Waals surface area contributed by atoms with Gasteiger partial charge in [0.2, 0.25) is 0 Å². The van der Waals surface area contributed by atoms with Crippen LogP contribution < -0.4 is 4.74 Å². The van der Waals surface area contributed by atoms with Crippen molar-refractivity contribution in [2.24, 2.45) is 0 Å². The van der Waals surface area contributed by atoms with Crippen LogP contribution in [0.15, 0.2) is 12.3 Å². The molecule has 0 amide bonds. The topological polar surface area (TPSA) is 44.1 Å². The number of nitrogens with zero attached hydrogens (tertiary/aromatic N) is 2. The lowest BCUT2D eigenvalue weighted by Crippen LogP contribution is -2.10. The van der Waals surface area contributed by atoms with Gasteiger partial charge in [-0.25, -0.2) is 0 Å². The number of hydrogen-bond acceptors (Lipinski definition) is 3. The van der Waals surface area contributed by atoms with Crippen LogP contribution in [-0.2, 0) is 4.79 Å². The van der Waals surface area contributed by atoms with Gasteiger partial charge in [0, 0.05) is 12.5 Å². The Kier molecular flexibility index (Phi) is 3.31. The number of rotatable bonds is 3. The first kappa shape index (κ1) is 11.9. The van der Waals surface area contributed by atoms with Crippen molar-refractivity contribution in [2.75, 3.05) is 7.11 Å². The molecule has 0 fully saturated rings. The van der Waals surface area contributed by atoms with Gasteiger partial charge in [0.15, 0.2) is 11.5 Å². The van der Waals surface area contributed by atoms with Crippen LogP contribution in [0.5, 0.6) is 5.75 Å². The number of allylic oxidation sites excluding steroid dienone is 2. The van der Waals surface area contributed by atoms with Gasteiger partial charge in [-0.1, -0.05) is 0 Å². The normalized spacial score (nSPS) is 16.2. The first-order valence-corrected chi connectivity index (χ1v) is 5.98. The fraction of sp³-hybridized carbons (Fsp3) is 0.538. The Morgan fingerprint density at radius 2 is 2.18 bits per heavy atom. The summed E-state index contributed by atoms with van der Waals surface area (Å²) in [6.07, 6.45) is 5.94. The van der Waals surface area contributed by atoms with Crippen LogP contribution in [0.3, 0.4) is 0 Å². The lowest BCUT2D eigenvalue weighted by molar-refractivity contribution is -0.114. The molecule has 0 saturated heterocycles. The molecular formula is C13H18N2O2. The summed E-state index contributed by atoms with van der Waals surface area (Å²) in [7, 11) is 1.64. The molecular weight excluding hydrogens is 216 g/mol. The maximum Gasteiger partial charge on any atom is 0.164 e. The van der Waals surface area contributed by atoms with Crippen LogP contribution in [0.2, 0.25) is 0 Å². The Bertz CT molecular complexity index is 458. The third-order valence-electron chi connectivity index (χ3n) is 2.98. The molecule has 1 aliphatic rings. The van der Waals surface area contributed by atoms with Gasteiger partial charge >= 0.3 is 0 Å². The minimum absolute atomic E-state index is 0.199. The second kappa shape index (κ2) is 4.73. The highest BCUT2D eigenvalue weighted by molar-refractivity contribution is 5.98. The lowest BCUT2D eigenvalue weighted by Gasteiger charge is -2.17. The van der Waals surface area contributed by atoms with E-state index in [4.69, 9.17) is 4.74 Å². The van der Waals surface area contributed by atoms with Gasteiger partial charge in [-0.3, -0.25) is 9.48 Å². The van der Waals surface area contributed by atoms with E-state index < -0.39 is 0 Å². The molecule has 0 bridgehead atoms. The van der Waals surface area contributed by atoms with Crippen molar-refractivity contribution in [2.45, 2.75) is 39.2 Å². The number of carbonyl (C=O) groups excluding carboxylic acids is 1. The molecule has 0 N–H and O–H groups in total. The first-order valence-electron chi connectivity index (χ1n) is 5.98. The minimum Gasteiger partial charge on any atom is -0.493 e. The number of ether oxygens (including phenoxy) is 1. The average molecular weight is 234 g/mol. The summed E-state index contributed by atoms with van der Waals surface area (Å²) < 4.78 is 7.25. The molecule has 1 heterocycles. The van der Waals surface area contributed by atoms with E-state index in [1.807, 2.05) is 4.68 Å². The third kappa shape index (κ3) is 2.25. The quantitative estimate of drug-likeness (QED) is 0.807. The number of aromatic nitrogens is 2. The number of hydrogen-bond donors (Lipinski definition) is 0. The molecule has 92 valence electrons. The Morgan fingerprint density at radius 1 is 1.41 bits per heavy atom. The molecule has 2 rings (SSSR count). The van der Waals surface area contributed by atoms with Gasteiger partial charge in [-0.05, 0) is 38.3 Å². The van der Waals surface area contributed by atoms with Crippen LogP contribution in [0.25, 0.3) is 5.57 Å². The minimum atomic E-state index is 0.199. The molecule has 0 saturated carbocycles. The Hall–Kier alpha value is -1.58. The van der Waals surface area contributed by atoms with Crippen LogP contribution in [0.1, 0.15) is 44.8 Å². The standard InChI is InChI=1S/C13H18N2O2/c1-9(2)15-13(12(17-3)8-14-15)10-5-4-6-11(16)7-10/h7-9H,4-6H2,1-3H3. The monoisotopic (exact) mass is 234 g/mol. The fourth-order valence-corrected chi connectivity index (χ4v) is 2.17. The zero-order valence-corrected chi connectivity index (χ0v) is 10.6. The fourth-order valence-electron chi connectivity index (χ4n) is 2.17. The summed E-state index contributed by atoms with van der Waals surface area (Å²) >= 11 is 0. The van der Waals surface area contributed by atoms with Crippen molar-refractivity contribution < 1.29 is 9.53 Å². The molecule has 4 heteroatoms. The van der Waals surface area contributed by atoms with Crippen LogP contribution in [0, 0.1) is 0 Å². The van der Waals surface area contributed by atoms with E-state index in [1.54, 1.807) is 19.4 Å². The van der Waals surface area contributed by atoms with Crippen LogP contribution in [-0.4, -0.2) is 22.7 Å². The summed E-state index contributed by atoms with van der Waals surface area (Å²) in [5, 5.41) is 4.33. The molecule has 0 spiro atoms. The van der Waals surface area contributed by atoms with Crippen LogP contribution in [0.4, 0.5) is 0 Å². The van der Waals surface area contributed by atoms with E-state index in [-0.39, 0.29) is 11.8 Å². The summed E-state index contributed by atoms with van der Waals surface area (Å²) in [4.78, 5) is 11.5. The van der Waals surface area contributed by atoms with E-state index in [1.165, 1.54) is 0 Å². The zero-order valence-electron chi connectivity index (χ0n) is 10.6. The summed E-state index contributed by atoms with van der Waals surface area (Å²) in [6.45, 7) is 4.14. The lowest BCUT2D eigenvalue weighted by atomic mass is 9.96. The molecule has 1 aliphatic carbocycles. The Labute approximate surface area is 101 Å². The summed E-state index contributed by atoms with van der Waals surface area (Å²) in [6, 6.07) is 0.256. The Balaban J connectivity index is 2.48. The molecule has 4 nitrogen and oxygen atoms in total. The van der Waals surface area contributed by atoms with Gasteiger partial charge in [-0.15, -0.1) is 0 Å². The van der Waals surface area contributed by atoms with E-state index in [0.717, 1.165) is 29.9 Å². The second-order valence-corrected chi connectivity index (χ2v) is 4.59. The van der Waals surface area contributed by atoms with E-state index in [0.29, 0.717) is 6.42 Å². The number of methoxy groups -OCH3 is 1. The molecule has 17 heavy (non-hydrogen) atoms. The van der Waals surface area contributed by atoms with Gasteiger partial charge in [0.25, 0.3) is 0 Å². The van der Waals surface area contributed by atoms with Crippen molar-refractivity contribution in [3.63, 3.8) is 0 Å². The molecule has 0 aliphatic heterocycles. The van der Waals surface area contributed by atoms with E-state index >= 15 is 0 Å². The van der Waals surface area contributed by atoms with Crippen molar-refractivity contribution in [1.82, 2.24) is 9.78 Å². The van der Waals surface area contributed by atoms with Gasteiger partial charge in [0.05, 0.1) is 13.3 Å². The summed E-state index contributed by atoms with van der Waals surface area (Å²) in [5.41, 5.74) is 2.00. The van der Waals surface area contributed by atoms with Crippen molar-refractivity contribution in [3.8, 4) is 5.75 Å². The molecule has 0 radical (unpaired) electrons. The maximum absolute atomic E-state index is 11.5. The predicted molar refractivity (Wildman–Crippen MR) is 66.0 cm³/mol. The largest absolute Gasteiger partial charge is 0.493 e. The number of ketones is 1. The van der Waals surface area contributed by atoms with Crippen molar-refractivity contribution >= 4 is 11.4 Å². The summed E-state index contributed by atoms with van der Waals surface area (Å²) in [5.74, 6) is 0.949. The van der Waals surface area contributed by atoms with E-state index in [2.05, 4.69) is 18.9 Å². The van der Waals surface area contributed by atoms with Crippen LogP contribution >= 0.6 is 0 Å². The molecule has 0 aromatic carbocycles.